The van der Waals surface area contributed by atoms with Crippen molar-refractivity contribution < 1.29 is 62.7 Å². The van der Waals surface area contributed by atoms with E-state index in [4.69, 9.17) is 23.4 Å². The summed E-state index contributed by atoms with van der Waals surface area (Å²) < 4.78 is 27.8. The first-order valence-electron chi connectivity index (χ1n) is 16.0. The minimum atomic E-state index is -2.44. The first-order chi connectivity index (χ1) is 24.8. The summed E-state index contributed by atoms with van der Waals surface area (Å²) in [5, 5.41) is 32.4. The van der Waals surface area contributed by atoms with E-state index in [0.717, 1.165) is 12.2 Å². The van der Waals surface area contributed by atoms with E-state index in [-0.39, 0.29) is 71.8 Å². The van der Waals surface area contributed by atoms with Gasteiger partial charge in [-0.1, -0.05) is 0 Å². The molecule has 0 saturated heterocycles. The molecule has 4 aromatic rings. The SMILES string of the molecule is COC1=CC(=O)C=C(C)[C@]1(O)C(=O)Oc1c(C)c(C)c(C(=O)Oc2cc(C)c(C(=O)Oc3c(C)c(C)c(C(=O)O)c(C)c3C)c3occc23)c(O)c1Br. The number of phenols is 1. The third-order valence-corrected chi connectivity index (χ3v) is 10.4. The highest BCUT2D eigenvalue weighted by atomic mass is 79.9. The first kappa shape index (κ1) is 38.5. The normalized spacial score (nSPS) is 15.5. The van der Waals surface area contributed by atoms with Gasteiger partial charge in [0.15, 0.2) is 17.1 Å². The number of carboxylic acids is 1. The largest absolute Gasteiger partial charge is 0.506 e. The van der Waals surface area contributed by atoms with Crippen LogP contribution in [-0.4, -0.2) is 57.7 Å². The number of esters is 3. The molecular weight excluding hydrogens is 756 g/mol. The highest BCUT2D eigenvalue weighted by Crippen LogP contribution is 2.44. The number of carboxylic acid groups (broad SMARTS) is 1. The molecule has 5 rings (SSSR count). The molecule has 0 aliphatic heterocycles. The van der Waals surface area contributed by atoms with E-state index in [1.54, 1.807) is 34.6 Å². The lowest BCUT2D eigenvalue weighted by Crippen LogP contribution is -2.47. The average molecular weight is 792 g/mol. The number of aliphatic hydroxyl groups is 1. The van der Waals surface area contributed by atoms with Crippen LogP contribution in [0.2, 0.25) is 0 Å². The van der Waals surface area contributed by atoms with E-state index in [1.807, 2.05) is 0 Å². The Balaban J connectivity index is 1.47. The van der Waals surface area contributed by atoms with Crippen LogP contribution in [0.15, 0.2) is 50.8 Å². The van der Waals surface area contributed by atoms with Gasteiger partial charge < -0.3 is 38.7 Å². The fourth-order valence-electron chi connectivity index (χ4n) is 6.32. The monoisotopic (exact) mass is 790 g/mol. The molecule has 0 unspecified atom stereocenters. The smallest absolute Gasteiger partial charge is 0.356 e. The molecule has 0 bridgehead atoms. The van der Waals surface area contributed by atoms with Crippen molar-refractivity contribution in [1.29, 1.82) is 0 Å². The van der Waals surface area contributed by atoms with E-state index in [1.165, 1.54) is 46.3 Å². The van der Waals surface area contributed by atoms with Crippen LogP contribution in [-0.2, 0) is 14.3 Å². The minimum Gasteiger partial charge on any atom is -0.506 e. The zero-order valence-electron chi connectivity index (χ0n) is 30.2. The number of allylic oxidation sites excluding steroid dienone is 2. The number of carbonyl (C=O) groups is 5. The van der Waals surface area contributed by atoms with Crippen molar-refractivity contribution in [2.75, 3.05) is 7.11 Å². The van der Waals surface area contributed by atoms with Gasteiger partial charge in [0.25, 0.3) is 0 Å². The number of methoxy groups -OCH3 is 1. The number of halogens is 1. The number of aromatic carboxylic acids is 1. The number of hydrogen-bond donors (Lipinski definition) is 3. The van der Waals surface area contributed by atoms with Gasteiger partial charge in [-0.3, -0.25) is 4.79 Å². The van der Waals surface area contributed by atoms with E-state index in [2.05, 4.69) is 15.9 Å². The fraction of sp³-hybridized carbons (Fsp3) is 0.256. The molecule has 0 radical (unpaired) electrons. The van der Waals surface area contributed by atoms with Crippen molar-refractivity contribution in [3.63, 3.8) is 0 Å². The predicted molar refractivity (Wildman–Crippen MR) is 193 cm³/mol. The molecule has 0 amide bonds. The van der Waals surface area contributed by atoms with Crippen molar-refractivity contribution in [1.82, 2.24) is 0 Å². The van der Waals surface area contributed by atoms with Gasteiger partial charge >= 0.3 is 23.9 Å². The van der Waals surface area contributed by atoms with E-state index in [9.17, 15) is 39.3 Å². The number of ketones is 1. The Morgan fingerprint density at radius 1 is 0.774 bits per heavy atom. The summed E-state index contributed by atoms with van der Waals surface area (Å²) >= 11 is 3.20. The summed E-state index contributed by atoms with van der Waals surface area (Å²) in [7, 11) is 1.18. The molecule has 53 heavy (non-hydrogen) atoms. The molecule has 13 nitrogen and oxygen atoms in total. The summed E-state index contributed by atoms with van der Waals surface area (Å²) in [4.78, 5) is 64.6. The second kappa shape index (κ2) is 14.0. The summed E-state index contributed by atoms with van der Waals surface area (Å²) in [5.41, 5.74) is 0.0846. The summed E-state index contributed by atoms with van der Waals surface area (Å²) in [6.45, 7) is 12.6. The molecule has 1 aliphatic carbocycles. The van der Waals surface area contributed by atoms with Gasteiger partial charge in [-0.05, 0) is 134 Å². The number of ether oxygens (including phenoxy) is 4. The molecule has 0 saturated carbocycles. The van der Waals surface area contributed by atoms with Gasteiger partial charge in [0, 0.05) is 6.08 Å². The summed E-state index contributed by atoms with van der Waals surface area (Å²) in [5.74, 6) is -5.58. The molecule has 3 N–H and O–H groups in total. The summed E-state index contributed by atoms with van der Waals surface area (Å²) in [6, 6.07) is 2.92. The Bertz CT molecular complexity index is 2320. The molecule has 1 aromatic heterocycles. The second-order valence-electron chi connectivity index (χ2n) is 12.7. The van der Waals surface area contributed by atoms with Gasteiger partial charge in [0.05, 0.1) is 24.3 Å². The number of aryl methyl sites for hydroxylation is 1. The van der Waals surface area contributed by atoms with Crippen molar-refractivity contribution in [2.24, 2.45) is 0 Å². The zero-order chi connectivity index (χ0) is 39.4. The van der Waals surface area contributed by atoms with Gasteiger partial charge in [0.1, 0.15) is 38.6 Å². The Kier molecular flexibility index (Phi) is 10.2. The van der Waals surface area contributed by atoms with E-state index < -0.39 is 41.0 Å². The third kappa shape index (κ3) is 6.27. The maximum absolute atomic E-state index is 13.7. The van der Waals surface area contributed by atoms with Gasteiger partial charge in [-0.15, -0.1) is 0 Å². The number of aromatic hydroxyl groups is 1. The average Bonchev–Trinajstić information content (AvgIpc) is 3.58. The standard InChI is InChI=1S/C39H35BrO13/c1-15-12-25(24-10-11-50-34(24)27(15)36(45)52-32-20(6)17(3)28(35(43)44)18(4)21(32)7)51-37(46)29-19(5)22(8)33(30(40)31(29)42)53-38(47)39(48)16(2)13-23(41)14-26(39)49-9/h10-14,42,48H,1-9H3,(H,43,44)/t39-/m1/s1. The maximum atomic E-state index is 13.7. The van der Waals surface area contributed by atoms with Gasteiger partial charge in [0.2, 0.25) is 5.60 Å². The topological polar surface area (TPSA) is 196 Å². The first-order valence-corrected chi connectivity index (χ1v) is 16.8. The number of carbonyl (C=O) groups excluding carboxylic acids is 4. The number of furan rings is 1. The third-order valence-electron chi connectivity index (χ3n) is 9.67. The molecule has 0 spiro atoms. The predicted octanol–water partition coefficient (Wildman–Crippen LogP) is 6.89. The zero-order valence-corrected chi connectivity index (χ0v) is 31.8. The fourth-order valence-corrected chi connectivity index (χ4v) is 6.89. The lowest BCUT2D eigenvalue weighted by atomic mass is 9.87. The van der Waals surface area contributed by atoms with E-state index >= 15 is 0 Å². The molecule has 1 heterocycles. The molecule has 1 atom stereocenters. The van der Waals surface area contributed by atoms with Crippen LogP contribution in [0.4, 0.5) is 0 Å². The lowest BCUT2D eigenvalue weighted by molar-refractivity contribution is -0.151. The second-order valence-corrected chi connectivity index (χ2v) is 13.5. The lowest BCUT2D eigenvalue weighted by Gasteiger charge is -2.30. The quantitative estimate of drug-likeness (QED) is 0.123. The van der Waals surface area contributed by atoms with Crippen LogP contribution in [0, 0.1) is 48.5 Å². The number of rotatable bonds is 8. The number of phenolic OH excluding ortho intramolecular Hbond substituents is 1. The minimum absolute atomic E-state index is 0.00375. The molecular formula is C39H35BrO13. The number of hydrogen-bond acceptors (Lipinski definition) is 12. The van der Waals surface area contributed by atoms with Crippen LogP contribution in [0.5, 0.6) is 23.0 Å². The molecule has 3 aromatic carbocycles. The van der Waals surface area contributed by atoms with Crippen molar-refractivity contribution in [3.05, 3.63) is 102 Å². The van der Waals surface area contributed by atoms with Crippen molar-refractivity contribution >= 4 is 56.6 Å². The Hall–Kier alpha value is -5.73. The van der Waals surface area contributed by atoms with Gasteiger partial charge in [-0.25, -0.2) is 19.2 Å². The van der Waals surface area contributed by atoms with Crippen LogP contribution in [0.1, 0.15) is 76.9 Å². The highest BCUT2D eigenvalue weighted by Gasteiger charge is 2.48. The number of fused-ring (bicyclic) bond motifs is 1. The molecule has 276 valence electrons. The Morgan fingerprint density at radius 2 is 1.34 bits per heavy atom. The van der Waals surface area contributed by atoms with E-state index in [0.29, 0.717) is 27.8 Å². The van der Waals surface area contributed by atoms with Crippen LogP contribution < -0.4 is 14.2 Å². The van der Waals surface area contributed by atoms with Crippen molar-refractivity contribution in [2.45, 2.75) is 61.0 Å². The number of benzene rings is 3. The molecule has 1 aliphatic rings. The molecule has 0 fully saturated rings. The van der Waals surface area contributed by atoms with Crippen LogP contribution >= 0.6 is 15.9 Å². The van der Waals surface area contributed by atoms with Crippen LogP contribution in [0.25, 0.3) is 11.0 Å². The van der Waals surface area contributed by atoms with Gasteiger partial charge in [-0.2, -0.15) is 0 Å². The summed E-state index contributed by atoms with van der Waals surface area (Å²) in [6.07, 6.45) is 3.32. The molecule has 14 heteroatoms. The highest BCUT2D eigenvalue weighted by molar-refractivity contribution is 9.10. The van der Waals surface area contributed by atoms with Crippen LogP contribution in [0.3, 0.4) is 0 Å². The Labute approximate surface area is 311 Å². The Morgan fingerprint density at radius 3 is 1.92 bits per heavy atom. The maximum Gasteiger partial charge on any atom is 0.356 e. The van der Waals surface area contributed by atoms with Crippen molar-refractivity contribution in [3.8, 4) is 23.0 Å².